The maximum atomic E-state index is 12.8. The van der Waals surface area contributed by atoms with E-state index in [1.807, 2.05) is 6.07 Å². The molecule has 1 aromatic rings. The number of hydrogen-bond donors (Lipinski definition) is 0. The van der Waals surface area contributed by atoms with Crippen molar-refractivity contribution >= 4 is 5.78 Å². The summed E-state index contributed by atoms with van der Waals surface area (Å²) < 4.78 is 25.7. The fraction of sp³-hybridized carbons (Fsp3) is 0.333. The average molecular weight is 223 g/mol. The van der Waals surface area contributed by atoms with E-state index < -0.39 is 12.2 Å². The number of benzene rings is 1. The van der Waals surface area contributed by atoms with Crippen molar-refractivity contribution in [2.24, 2.45) is 0 Å². The van der Waals surface area contributed by atoms with E-state index in [0.29, 0.717) is 12.0 Å². The van der Waals surface area contributed by atoms with Crippen LogP contribution in [0.15, 0.2) is 12.1 Å². The van der Waals surface area contributed by atoms with Gasteiger partial charge in [0.2, 0.25) is 0 Å². The maximum Gasteiger partial charge on any atom is 0.264 e. The van der Waals surface area contributed by atoms with Crippen molar-refractivity contribution in [2.45, 2.75) is 26.7 Å². The zero-order valence-electron chi connectivity index (χ0n) is 9.05. The lowest BCUT2D eigenvalue weighted by molar-refractivity contribution is 0.0998. The molecule has 0 aliphatic rings. The zero-order chi connectivity index (χ0) is 12.3. The first-order valence-corrected chi connectivity index (χ1v) is 4.87. The number of hydrogen-bond acceptors (Lipinski definition) is 2. The van der Waals surface area contributed by atoms with Gasteiger partial charge in [-0.25, -0.2) is 8.78 Å². The highest BCUT2D eigenvalue weighted by Crippen LogP contribution is 2.29. The minimum absolute atomic E-state index is 0.0501. The number of Topliss-reactive ketones (excluding diaryl/α,β-unsaturated/α-hetero) is 1. The van der Waals surface area contributed by atoms with Crippen LogP contribution in [0.2, 0.25) is 0 Å². The van der Waals surface area contributed by atoms with Crippen LogP contribution in [0.5, 0.6) is 0 Å². The Hall–Kier alpha value is -1.76. The molecule has 0 fully saturated rings. The molecule has 1 rings (SSSR count). The van der Waals surface area contributed by atoms with Crippen LogP contribution < -0.4 is 0 Å². The lowest BCUT2D eigenvalue weighted by atomic mass is 9.94. The van der Waals surface area contributed by atoms with Crippen molar-refractivity contribution in [1.29, 1.82) is 5.26 Å². The molecule has 0 spiro atoms. The fourth-order valence-electron chi connectivity index (χ4n) is 1.62. The molecule has 0 bridgehead atoms. The Morgan fingerprint density at radius 3 is 2.50 bits per heavy atom. The number of nitriles is 1. The second-order valence-corrected chi connectivity index (χ2v) is 3.42. The van der Waals surface area contributed by atoms with Crippen molar-refractivity contribution in [1.82, 2.24) is 0 Å². The normalized spacial score (nSPS) is 10.2. The van der Waals surface area contributed by atoms with Crippen molar-refractivity contribution < 1.29 is 13.6 Å². The van der Waals surface area contributed by atoms with Gasteiger partial charge in [0, 0.05) is 11.1 Å². The van der Waals surface area contributed by atoms with E-state index in [9.17, 15) is 13.6 Å². The van der Waals surface area contributed by atoms with Crippen molar-refractivity contribution in [3.05, 3.63) is 34.4 Å². The molecule has 0 N–H and O–H groups in total. The van der Waals surface area contributed by atoms with Gasteiger partial charge in [-0.1, -0.05) is 6.92 Å². The summed E-state index contributed by atoms with van der Waals surface area (Å²) in [6.45, 7) is 2.94. The first-order chi connectivity index (χ1) is 7.51. The molecule has 0 radical (unpaired) electrons. The summed E-state index contributed by atoms with van der Waals surface area (Å²) in [7, 11) is 0. The molecule has 0 unspecified atom stereocenters. The first kappa shape index (κ1) is 12.3. The van der Waals surface area contributed by atoms with E-state index >= 15 is 0 Å². The number of rotatable bonds is 3. The average Bonchev–Trinajstić information content (AvgIpc) is 2.26. The van der Waals surface area contributed by atoms with Crippen LogP contribution in [-0.4, -0.2) is 5.78 Å². The Bertz CT molecular complexity index is 461. The summed E-state index contributed by atoms with van der Waals surface area (Å²) in [6, 6.07) is 4.50. The Balaban J connectivity index is 3.55. The number of alkyl halides is 2. The molecule has 0 heterocycles. The summed E-state index contributed by atoms with van der Waals surface area (Å²) in [4.78, 5) is 11.3. The van der Waals surface area contributed by atoms with Crippen LogP contribution in [0.3, 0.4) is 0 Å². The van der Waals surface area contributed by atoms with E-state index in [1.165, 1.54) is 19.1 Å². The minimum atomic E-state index is -2.69. The van der Waals surface area contributed by atoms with Crippen molar-refractivity contribution in [3.63, 3.8) is 0 Å². The van der Waals surface area contributed by atoms with E-state index in [0.717, 1.165) is 0 Å². The van der Waals surface area contributed by atoms with Crippen LogP contribution in [0.1, 0.15) is 47.3 Å². The Kier molecular flexibility index (Phi) is 3.73. The van der Waals surface area contributed by atoms with Gasteiger partial charge in [-0.15, -0.1) is 0 Å². The van der Waals surface area contributed by atoms with Gasteiger partial charge in [0.1, 0.15) is 0 Å². The van der Waals surface area contributed by atoms with E-state index in [2.05, 4.69) is 0 Å². The highest BCUT2D eigenvalue weighted by molar-refractivity contribution is 5.96. The lowest BCUT2D eigenvalue weighted by Gasteiger charge is -2.11. The van der Waals surface area contributed by atoms with Crippen LogP contribution in [0.4, 0.5) is 8.78 Å². The largest absolute Gasteiger partial charge is 0.294 e. The number of aryl methyl sites for hydroxylation is 1. The summed E-state index contributed by atoms with van der Waals surface area (Å²) in [6.07, 6.45) is -2.32. The third kappa shape index (κ3) is 2.25. The molecule has 0 atom stereocenters. The summed E-state index contributed by atoms with van der Waals surface area (Å²) in [5.41, 5.74) is 0.311. The molecule has 0 aliphatic carbocycles. The molecule has 2 nitrogen and oxygen atoms in total. The molecule has 84 valence electrons. The Morgan fingerprint density at radius 2 is 2.12 bits per heavy atom. The Morgan fingerprint density at radius 1 is 1.50 bits per heavy atom. The highest BCUT2D eigenvalue weighted by atomic mass is 19.3. The van der Waals surface area contributed by atoms with Crippen LogP contribution in [0.25, 0.3) is 0 Å². The van der Waals surface area contributed by atoms with Gasteiger partial charge < -0.3 is 0 Å². The number of carbonyl (C=O) groups is 1. The number of carbonyl (C=O) groups excluding carboxylic acids is 1. The summed E-state index contributed by atoms with van der Waals surface area (Å²) >= 11 is 0. The molecular weight excluding hydrogens is 212 g/mol. The zero-order valence-corrected chi connectivity index (χ0v) is 9.05. The van der Waals surface area contributed by atoms with Gasteiger partial charge in [-0.05, 0) is 31.0 Å². The molecular formula is C12H11F2NO. The number of ketones is 1. The molecule has 0 aliphatic heterocycles. The SMILES string of the molecule is CCc1cc(C#N)cc(C(C)=O)c1C(F)F. The molecule has 1 aromatic carbocycles. The molecule has 4 heteroatoms. The lowest BCUT2D eigenvalue weighted by Crippen LogP contribution is -2.05. The van der Waals surface area contributed by atoms with E-state index in [-0.39, 0.29) is 16.7 Å². The number of nitrogens with zero attached hydrogens (tertiary/aromatic N) is 1. The third-order valence-electron chi connectivity index (χ3n) is 2.37. The van der Waals surface area contributed by atoms with Gasteiger partial charge in [0.15, 0.2) is 5.78 Å². The van der Waals surface area contributed by atoms with Gasteiger partial charge >= 0.3 is 0 Å². The van der Waals surface area contributed by atoms with Crippen LogP contribution in [-0.2, 0) is 6.42 Å². The molecule has 0 saturated carbocycles. The monoisotopic (exact) mass is 223 g/mol. The number of halogens is 2. The molecule has 0 saturated heterocycles. The van der Waals surface area contributed by atoms with Crippen LogP contribution in [0, 0.1) is 11.3 Å². The summed E-state index contributed by atoms with van der Waals surface area (Å²) in [5.74, 6) is -0.443. The molecule has 0 amide bonds. The van der Waals surface area contributed by atoms with E-state index in [4.69, 9.17) is 5.26 Å². The highest BCUT2D eigenvalue weighted by Gasteiger charge is 2.20. The van der Waals surface area contributed by atoms with Gasteiger partial charge in [-0.2, -0.15) is 5.26 Å². The second kappa shape index (κ2) is 4.84. The maximum absolute atomic E-state index is 12.8. The van der Waals surface area contributed by atoms with Gasteiger partial charge in [0.05, 0.1) is 11.6 Å². The standard InChI is InChI=1S/C12H11F2NO/c1-3-9-4-8(6-15)5-10(7(2)16)11(9)12(13)14/h4-5,12H,3H2,1-2H3. The smallest absolute Gasteiger partial charge is 0.264 e. The first-order valence-electron chi connectivity index (χ1n) is 4.87. The predicted octanol–water partition coefficient (Wildman–Crippen LogP) is 3.26. The summed E-state index contributed by atoms with van der Waals surface area (Å²) in [5, 5.41) is 8.74. The quantitative estimate of drug-likeness (QED) is 0.738. The minimum Gasteiger partial charge on any atom is -0.294 e. The van der Waals surface area contributed by atoms with Crippen molar-refractivity contribution in [2.75, 3.05) is 0 Å². The predicted molar refractivity (Wildman–Crippen MR) is 55.5 cm³/mol. The van der Waals surface area contributed by atoms with Gasteiger partial charge in [-0.3, -0.25) is 4.79 Å². The second-order valence-electron chi connectivity index (χ2n) is 3.42. The van der Waals surface area contributed by atoms with Crippen molar-refractivity contribution in [3.8, 4) is 6.07 Å². The third-order valence-corrected chi connectivity index (χ3v) is 2.37. The van der Waals surface area contributed by atoms with Gasteiger partial charge in [0.25, 0.3) is 6.43 Å². The molecule has 16 heavy (non-hydrogen) atoms. The Labute approximate surface area is 92.5 Å². The topological polar surface area (TPSA) is 40.9 Å². The molecule has 0 aromatic heterocycles. The van der Waals surface area contributed by atoms with E-state index in [1.54, 1.807) is 6.92 Å². The van der Waals surface area contributed by atoms with Crippen LogP contribution >= 0.6 is 0 Å². The fourth-order valence-corrected chi connectivity index (χ4v) is 1.62.